The van der Waals surface area contributed by atoms with Gasteiger partial charge < -0.3 is 9.64 Å². The molecule has 8 heteroatoms. The number of halogens is 2. The van der Waals surface area contributed by atoms with E-state index in [1.54, 1.807) is 23.2 Å². The van der Waals surface area contributed by atoms with Crippen LogP contribution >= 0.6 is 11.6 Å². The molecule has 2 aromatic heterocycles. The van der Waals surface area contributed by atoms with Gasteiger partial charge in [0.25, 0.3) is 0 Å². The lowest BCUT2D eigenvalue weighted by atomic mass is 10.1. The summed E-state index contributed by atoms with van der Waals surface area (Å²) in [6, 6.07) is 8.14. The Hall–Kier alpha value is -2.67. The van der Waals surface area contributed by atoms with Crippen LogP contribution < -0.4 is 9.64 Å². The minimum Gasteiger partial charge on any atom is -0.490 e. The van der Waals surface area contributed by atoms with E-state index >= 15 is 0 Å². The number of benzene rings is 1. The number of hydrogen-bond acceptors (Lipinski definition) is 5. The van der Waals surface area contributed by atoms with Crippen LogP contribution in [0.4, 0.5) is 10.2 Å². The van der Waals surface area contributed by atoms with E-state index in [1.807, 2.05) is 18.3 Å². The standard InChI is InChI=1S/C18H17ClFN5O/c19-13-9-14(20)11-16(10-13)26-15-3-6-24(7-4-15)17-1-2-18(23-22-17)25-8-5-21-12-25/h1-2,5,8-12,15H,3-4,6-7H2. The summed E-state index contributed by atoms with van der Waals surface area (Å²) in [5.74, 6) is 1.64. The Morgan fingerprint density at radius 3 is 2.50 bits per heavy atom. The van der Waals surface area contributed by atoms with Crippen LogP contribution in [0.2, 0.25) is 5.02 Å². The van der Waals surface area contributed by atoms with Crippen LogP contribution in [-0.4, -0.2) is 38.9 Å². The highest BCUT2D eigenvalue weighted by Gasteiger charge is 2.22. The number of piperidine rings is 1. The van der Waals surface area contributed by atoms with E-state index in [0.29, 0.717) is 10.8 Å². The van der Waals surface area contributed by atoms with Crippen LogP contribution in [0.1, 0.15) is 12.8 Å². The molecule has 26 heavy (non-hydrogen) atoms. The molecule has 0 bridgehead atoms. The summed E-state index contributed by atoms with van der Waals surface area (Å²) in [6.07, 6.45) is 6.88. The molecule has 1 aromatic carbocycles. The van der Waals surface area contributed by atoms with Gasteiger partial charge in [0, 0.05) is 49.4 Å². The first-order valence-corrected chi connectivity index (χ1v) is 8.75. The van der Waals surface area contributed by atoms with Gasteiger partial charge in [0.2, 0.25) is 0 Å². The van der Waals surface area contributed by atoms with Gasteiger partial charge in [-0.3, -0.25) is 4.57 Å². The van der Waals surface area contributed by atoms with Crippen LogP contribution in [0.5, 0.6) is 5.75 Å². The summed E-state index contributed by atoms with van der Waals surface area (Å²) in [4.78, 5) is 6.17. The molecule has 4 rings (SSSR count). The van der Waals surface area contributed by atoms with Crippen molar-refractivity contribution in [3.8, 4) is 11.6 Å². The van der Waals surface area contributed by atoms with E-state index in [-0.39, 0.29) is 6.10 Å². The Kier molecular flexibility index (Phi) is 4.71. The molecule has 1 aliphatic rings. The smallest absolute Gasteiger partial charge is 0.160 e. The van der Waals surface area contributed by atoms with E-state index in [1.165, 1.54) is 12.1 Å². The van der Waals surface area contributed by atoms with Gasteiger partial charge in [-0.15, -0.1) is 10.2 Å². The Morgan fingerprint density at radius 2 is 1.85 bits per heavy atom. The normalized spacial score (nSPS) is 15.2. The quantitative estimate of drug-likeness (QED) is 0.700. The average molecular weight is 374 g/mol. The van der Waals surface area contributed by atoms with Gasteiger partial charge in [0.1, 0.15) is 24.0 Å². The largest absolute Gasteiger partial charge is 0.490 e. The Bertz CT molecular complexity index is 844. The summed E-state index contributed by atoms with van der Waals surface area (Å²) in [5, 5.41) is 8.89. The molecule has 3 heterocycles. The van der Waals surface area contributed by atoms with Crippen LogP contribution in [0.15, 0.2) is 49.1 Å². The van der Waals surface area contributed by atoms with Gasteiger partial charge in [-0.2, -0.15) is 0 Å². The first kappa shape index (κ1) is 16.8. The molecule has 0 amide bonds. The van der Waals surface area contributed by atoms with Gasteiger partial charge in [0.05, 0.1) is 0 Å². The van der Waals surface area contributed by atoms with Gasteiger partial charge in [-0.25, -0.2) is 9.37 Å². The first-order valence-electron chi connectivity index (χ1n) is 8.37. The van der Waals surface area contributed by atoms with E-state index < -0.39 is 5.82 Å². The molecule has 1 fully saturated rings. The molecule has 0 aliphatic carbocycles. The van der Waals surface area contributed by atoms with Gasteiger partial charge >= 0.3 is 0 Å². The molecule has 6 nitrogen and oxygen atoms in total. The van der Waals surface area contributed by atoms with Crippen LogP contribution in [-0.2, 0) is 0 Å². The molecule has 0 unspecified atom stereocenters. The highest BCUT2D eigenvalue weighted by molar-refractivity contribution is 6.30. The summed E-state index contributed by atoms with van der Waals surface area (Å²) in [7, 11) is 0. The number of ether oxygens (including phenoxy) is 1. The van der Waals surface area contributed by atoms with Crippen molar-refractivity contribution in [3.63, 3.8) is 0 Å². The zero-order valence-corrected chi connectivity index (χ0v) is 14.7. The number of nitrogens with zero attached hydrogens (tertiary/aromatic N) is 5. The zero-order valence-electron chi connectivity index (χ0n) is 13.9. The fourth-order valence-corrected chi connectivity index (χ4v) is 3.22. The lowest BCUT2D eigenvalue weighted by Gasteiger charge is -2.32. The monoisotopic (exact) mass is 373 g/mol. The molecule has 0 radical (unpaired) electrons. The maximum atomic E-state index is 13.4. The summed E-state index contributed by atoms with van der Waals surface area (Å²) in [6.45, 7) is 1.60. The SMILES string of the molecule is Fc1cc(Cl)cc(OC2CCN(c3ccc(-n4ccnc4)nn3)CC2)c1. The summed E-state index contributed by atoms with van der Waals surface area (Å²) < 4.78 is 21.1. The Balaban J connectivity index is 1.36. The van der Waals surface area contributed by atoms with E-state index in [9.17, 15) is 4.39 Å². The minimum atomic E-state index is -0.391. The predicted molar refractivity (Wildman–Crippen MR) is 96.4 cm³/mol. The Morgan fingerprint density at radius 1 is 1.08 bits per heavy atom. The molecule has 0 spiro atoms. The van der Waals surface area contributed by atoms with Crippen LogP contribution in [0.25, 0.3) is 5.82 Å². The average Bonchev–Trinajstić information content (AvgIpc) is 3.16. The number of anilines is 1. The van der Waals surface area contributed by atoms with Crippen LogP contribution in [0.3, 0.4) is 0 Å². The number of hydrogen-bond donors (Lipinski definition) is 0. The highest BCUT2D eigenvalue weighted by atomic mass is 35.5. The molecular formula is C18H17ClFN5O. The second-order valence-electron chi connectivity index (χ2n) is 6.13. The lowest BCUT2D eigenvalue weighted by molar-refractivity contribution is 0.170. The van der Waals surface area contributed by atoms with Gasteiger partial charge in [-0.1, -0.05) is 11.6 Å². The highest BCUT2D eigenvalue weighted by Crippen LogP contribution is 2.25. The Labute approximate surface area is 155 Å². The van der Waals surface area contributed by atoms with E-state index in [0.717, 1.165) is 37.6 Å². The van der Waals surface area contributed by atoms with Crippen molar-refractivity contribution in [1.82, 2.24) is 19.7 Å². The summed E-state index contributed by atoms with van der Waals surface area (Å²) in [5.41, 5.74) is 0. The number of aromatic nitrogens is 4. The molecular weight excluding hydrogens is 357 g/mol. The molecule has 134 valence electrons. The summed E-state index contributed by atoms with van der Waals surface area (Å²) >= 11 is 5.87. The van der Waals surface area contributed by atoms with Crippen molar-refractivity contribution in [2.75, 3.05) is 18.0 Å². The second kappa shape index (κ2) is 7.29. The molecule has 0 saturated carbocycles. The maximum absolute atomic E-state index is 13.4. The van der Waals surface area contributed by atoms with Crippen molar-refractivity contribution in [1.29, 1.82) is 0 Å². The molecule has 0 atom stereocenters. The fraction of sp³-hybridized carbons (Fsp3) is 0.278. The molecule has 1 aliphatic heterocycles. The minimum absolute atomic E-state index is 0.0299. The lowest BCUT2D eigenvalue weighted by Crippen LogP contribution is -2.38. The maximum Gasteiger partial charge on any atom is 0.160 e. The van der Waals surface area contributed by atoms with Crippen molar-refractivity contribution in [2.24, 2.45) is 0 Å². The first-order chi connectivity index (χ1) is 12.7. The van der Waals surface area contributed by atoms with Crippen molar-refractivity contribution < 1.29 is 9.13 Å². The molecule has 1 saturated heterocycles. The third-order valence-electron chi connectivity index (χ3n) is 4.31. The third kappa shape index (κ3) is 3.77. The van der Waals surface area contributed by atoms with Crippen molar-refractivity contribution >= 4 is 17.4 Å². The van der Waals surface area contributed by atoms with Crippen LogP contribution in [0, 0.1) is 5.82 Å². The molecule has 3 aromatic rings. The third-order valence-corrected chi connectivity index (χ3v) is 4.53. The van der Waals surface area contributed by atoms with Gasteiger partial charge in [0.15, 0.2) is 11.6 Å². The second-order valence-corrected chi connectivity index (χ2v) is 6.57. The van der Waals surface area contributed by atoms with E-state index in [2.05, 4.69) is 20.1 Å². The van der Waals surface area contributed by atoms with Crippen molar-refractivity contribution in [3.05, 3.63) is 59.9 Å². The molecule has 0 N–H and O–H groups in total. The number of imidazole rings is 1. The topological polar surface area (TPSA) is 56.1 Å². The van der Waals surface area contributed by atoms with E-state index in [4.69, 9.17) is 16.3 Å². The van der Waals surface area contributed by atoms with Gasteiger partial charge in [-0.05, 0) is 24.3 Å². The zero-order chi connectivity index (χ0) is 17.9. The predicted octanol–water partition coefficient (Wildman–Crippen LogP) is 3.50. The van der Waals surface area contributed by atoms with Crippen molar-refractivity contribution in [2.45, 2.75) is 18.9 Å². The fourth-order valence-electron chi connectivity index (χ4n) is 3.01. The number of rotatable bonds is 4.